The first kappa shape index (κ1) is 14.1. The van der Waals surface area contributed by atoms with E-state index in [0.29, 0.717) is 12.0 Å². The summed E-state index contributed by atoms with van der Waals surface area (Å²) in [5.74, 6) is 2.51. The molecule has 1 heterocycles. The minimum Gasteiger partial charge on any atom is -0.497 e. The molecule has 1 aromatic heterocycles. The van der Waals surface area contributed by atoms with E-state index in [1.54, 1.807) is 7.11 Å². The molecular weight excluding hydrogens is 262 g/mol. The SMILES string of the molecule is COc1ccc(-c2nc(C3CCC(N)CC3)[nH]c2C)cc1. The van der Waals surface area contributed by atoms with Gasteiger partial charge in [0.05, 0.1) is 12.8 Å². The Labute approximate surface area is 125 Å². The monoisotopic (exact) mass is 285 g/mol. The number of rotatable bonds is 3. The fraction of sp³-hybridized carbons (Fsp3) is 0.471. The van der Waals surface area contributed by atoms with Crippen molar-refractivity contribution in [3.05, 3.63) is 35.8 Å². The van der Waals surface area contributed by atoms with Crippen LogP contribution in [-0.2, 0) is 0 Å². The zero-order valence-electron chi connectivity index (χ0n) is 12.7. The fourth-order valence-corrected chi connectivity index (χ4v) is 3.10. The predicted molar refractivity (Wildman–Crippen MR) is 84.5 cm³/mol. The van der Waals surface area contributed by atoms with Crippen molar-refractivity contribution >= 4 is 0 Å². The number of H-pyrrole nitrogens is 1. The Morgan fingerprint density at radius 2 is 1.81 bits per heavy atom. The summed E-state index contributed by atoms with van der Waals surface area (Å²) in [5, 5.41) is 0. The summed E-state index contributed by atoms with van der Waals surface area (Å²) in [6.07, 6.45) is 4.47. The van der Waals surface area contributed by atoms with Crippen LogP contribution in [0.1, 0.15) is 43.1 Å². The standard InChI is InChI=1S/C17H23N3O/c1-11-16(12-5-9-15(21-2)10-6-12)20-17(19-11)13-3-7-14(18)8-4-13/h5-6,9-10,13-14H,3-4,7-8,18H2,1-2H3,(H,19,20). The Balaban J connectivity index is 1.83. The molecule has 3 N–H and O–H groups in total. The molecule has 1 aliphatic carbocycles. The molecule has 1 saturated carbocycles. The Hall–Kier alpha value is -1.81. The van der Waals surface area contributed by atoms with E-state index in [1.165, 1.54) is 0 Å². The maximum absolute atomic E-state index is 5.99. The van der Waals surface area contributed by atoms with Crippen molar-refractivity contribution in [2.24, 2.45) is 5.73 Å². The number of nitrogens with one attached hydrogen (secondary N) is 1. The minimum absolute atomic E-state index is 0.373. The van der Waals surface area contributed by atoms with Crippen LogP contribution in [0.2, 0.25) is 0 Å². The van der Waals surface area contributed by atoms with Gasteiger partial charge in [-0.1, -0.05) is 0 Å². The molecule has 1 aliphatic rings. The smallest absolute Gasteiger partial charge is 0.118 e. The zero-order chi connectivity index (χ0) is 14.8. The number of ether oxygens (including phenoxy) is 1. The normalized spacial score (nSPS) is 22.2. The third kappa shape index (κ3) is 2.95. The number of nitrogens with zero attached hydrogens (tertiary/aromatic N) is 1. The fourth-order valence-electron chi connectivity index (χ4n) is 3.10. The number of hydrogen-bond donors (Lipinski definition) is 2. The van der Waals surface area contributed by atoms with Gasteiger partial charge in [-0.2, -0.15) is 0 Å². The van der Waals surface area contributed by atoms with E-state index < -0.39 is 0 Å². The lowest BCUT2D eigenvalue weighted by Crippen LogP contribution is -2.26. The summed E-state index contributed by atoms with van der Waals surface area (Å²) < 4.78 is 5.21. The third-order valence-electron chi connectivity index (χ3n) is 4.43. The van der Waals surface area contributed by atoms with E-state index in [1.807, 2.05) is 12.1 Å². The molecule has 0 unspecified atom stereocenters. The van der Waals surface area contributed by atoms with E-state index in [0.717, 1.165) is 54.2 Å². The van der Waals surface area contributed by atoms with Crippen LogP contribution >= 0.6 is 0 Å². The van der Waals surface area contributed by atoms with Gasteiger partial charge in [-0.25, -0.2) is 4.98 Å². The molecule has 3 rings (SSSR count). The number of benzene rings is 1. The molecule has 4 nitrogen and oxygen atoms in total. The second-order valence-corrected chi connectivity index (χ2v) is 5.94. The number of aryl methyl sites for hydroxylation is 1. The quantitative estimate of drug-likeness (QED) is 0.908. The van der Waals surface area contributed by atoms with Crippen LogP contribution in [0.25, 0.3) is 11.3 Å². The van der Waals surface area contributed by atoms with Crippen molar-refractivity contribution in [2.75, 3.05) is 7.11 Å². The number of methoxy groups -OCH3 is 1. The summed E-state index contributed by atoms with van der Waals surface area (Å²) in [4.78, 5) is 8.32. The highest BCUT2D eigenvalue weighted by Gasteiger charge is 2.23. The Morgan fingerprint density at radius 1 is 1.14 bits per heavy atom. The zero-order valence-corrected chi connectivity index (χ0v) is 12.7. The number of nitrogens with two attached hydrogens (primary N) is 1. The van der Waals surface area contributed by atoms with Gasteiger partial charge in [-0.15, -0.1) is 0 Å². The number of aromatic nitrogens is 2. The van der Waals surface area contributed by atoms with Gasteiger partial charge in [0, 0.05) is 23.2 Å². The maximum Gasteiger partial charge on any atom is 0.118 e. The van der Waals surface area contributed by atoms with Gasteiger partial charge >= 0.3 is 0 Å². The molecule has 1 aromatic carbocycles. The molecule has 1 fully saturated rings. The Morgan fingerprint density at radius 3 is 2.43 bits per heavy atom. The average molecular weight is 285 g/mol. The van der Waals surface area contributed by atoms with Crippen LogP contribution in [0, 0.1) is 6.92 Å². The van der Waals surface area contributed by atoms with Gasteiger partial charge in [0.2, 0.25) is 0 Å². The highest BCUT2D eigenvalue weighted by molar-refractivity contribution is 5.62. The van der Waals surface area contributed by atoms with Gasteiger partial charge in [0.1, 0.15) is 11.6 Å². The van der Waals surface area contributed by atoms with Gasteiger partial charge in [0.15, 0.2) is 0 Å². The molecular formula is C17H23N3O. The van der Waals surface area contributed by atoms with Crippen LogP contribution in [0.15, 0.2) is 24.3 Å². The van der Waals surface area contributed by atoms with Crippen LogP contribution in [0.4, 0.5) is 0 Å². The molecule has 21 heavy (non-hydrogen) atoms. The van der Waals surface area contributed by atoms with E-state index in [2.05, 4.69) is 24.0 Å². The summed E-state index contributed by atoms with van der Waals surface area (Å²) in [5.41, 5.74) is 9.29. The lowest BCUT2D eigenvalue weighted by atomic mass is 9.86. The molecule has 0 saturated heterocycles. The first-order chi connectivity index (χ1) is 10.2. The molecule has 0 bridgehead atoms. The molecule has 0 amide bonds. The molecule has 112 valence electrons. The summed E-state index contributed by atoms with van der Waals surface area (Å²) in [6.45, 7) is 2.09. The number of aromatic amines is 1. The van der Waals surface area contributed by atoms with Gasteiger partial charge in [-0.3, -0.25) is 0 Å². The third-order valence-corrected chi connectivity index (χ3v) is 4.43. The first-order valence-corrected chi connectivity index (χ1v) is 7.64. The first-order valence-electron chi connectivity index (χ1n) is 7.64. The van der Waals surface area contributed by atoms with Crippen LogP contribution in [-0.4, -0.2) is 23.1 Å². The predicted octanol–water partition coefficient (Wildman–Crippen LogP) is 3.38. The Bertz CT molecular complexity index is 595. The number of hydrogen-bond acceptors (Lipinski definition) is 3. The summed E-state index contributed by atoms with van der Waals surface area (Å²) in [6, 6.07) is 8.44. The second kappa shape index (κ2) is 5.90. The molecule has 0 atom stereocenters. The molecule has 0 radical (unpaired) electrons. The van der Waals surface area contributed by atoms with Crippen molar-refractivity contribution in [2.45, 2.75) is 44.6 Å². The molecule has 0 spiro atoms. The Kier molecular flexibility index (Phi) is 3.97. The topological polar surface area (TPSA) is 63.9 Å². The van der Waals surface area contributed by atoms with Crippen molar-refractivity contribution in [3.63, 3.8) is 0 Å². The largest absolute Gasteiger partial charge is 0.497 e. The van der Waals surface area contributed by atoms with Crippen molar-refractivity contribution in [1.82, 2.24) is 9.97 Å². The highest BCUT2D eigenvalue weighted by atomic mass is 16.5. The van der Waals surface area contributed by atoms with E-state index in [-0.39, 0.29) is 0 Å². The van der Waals surface area contributed by atoms with E-state index in [9.17, 15) is 0 Å². The van der Waals surface area contributed by atoms with E-state index in [4.69, 9.17) is 15.5 Å². The van der Waals surface area contributed by atoms with Crippen molar-refractivity contribution < 1.29 is 4.74 Å². The van der Waals surface area contributed by atoms with Gasteiger partial charge in [-0.05, 0) is 56.9 Å². The van der Waals surface area contributed by atoms with Crippen LogP contribution in [0.5, 0.6) is 5.75 Å². The molecule has 0 aliphatic heterocycles. The van der Waals surface area contributed by atoms with Crippen LogP contribution < -0.4 is 10.5 Å². The van der Waals surface area contributed by atoms with Gasteiger partial charge in [0.25, 0.3) is 0 Å². The van der Waals surface area contributed by atoms with Crippen molar-refractivity contribution in [3.8, 4) is 17.0 Å². The van der Waals surface area contributed by atoms with Crippen LogP contribution in [0.3, 0.4) is 0 Å². The highest BCUT2D eigenvalue weighted by Crippen LogP contribution is 2.33. The maximum atomic E-state index is 5.99. The summed E-state index contributed by atoms with van der Waals surface area (Å²) in [7, 11) is 1.68. The second-order valence-electron chi connectivity index (χ2n) is 5.94. The number of imidazole rings is 1. The lowest BCUT2D eigenvalue weighted by molar-refractivity contribution is 0.386. The lowest BCUT2D eigenvalue weighted by Gasteiger charge is -2.24. The molecule has 2 aromatic rings. The van der Waals surface area contributed by atoms with Gasteiger partial charge < -0.3 is 15.5 Å². The minimum atomic E-state index is 0.373. The summed E-state index contributed by atoms with van der Waals surface area (Å²) >= 11 is 0. The molecule has 4 heteroatoms. The average Bonchev–Trinajstić information content (AvgIpc) is 2.90. The van der Waals surface area contributed by atoms with E-state index >= 15 is 0 Å². The van der Waals surface area contributed by atoms with Crippen molar-refractivity contribution in [1.29, 1.82) is 0 Å².